The summed E-state index contributed by atoms with van der Waals surface area (Å²) in [7, 11) is 3.26. The van der Waals surface area contributed by atoms with Gasteiger partial charge in [0, 0.05) is 28.8 Å². The molecule has 2 aromatic heterocycles. The van der Waals surface area contributed by atoms with Crippen molar-refractivity contribution in [1.82, 2.24) is 30.5 Å². The molecule has 0 spiro atoms. The number of fused-ring (bicyclic) bond motifs is 1. The minimum atomic E-state index is -0.276. The Kier molecular flexibility index (Phi) is 7.91. The van der Waals surface area contributed by atoms with Crippen LogP contribution in [0.3, 0.4) is 0 Å². The molecule has 1 atom stereocenters. The summed E-state index contributed by atoms with van der Waals surface area (Å²) in [5.41, 5.74) is 2.61. The summed E-state index contributed by atoms with van der Waals surface area (Å²) < 4.78 is 12.8. The minimum absolute atomic E-state index is 0.233. The van der Waals surface area contributed by atoms with Crippen LogP contribution in [-0.2, 0) is 5.54 Å². The molecule has 4 aromatic rings. The lowest BCUT2D eigenvalue weighted by molar-refractivity contribution is 0.324. The highest BCUT2D eigenvalue weighted by Gasteiger charge is 2.27. The van der Waals surface area contributed by atoms with E-state index < -0.39 is 0 Å². The molecule has 0 saturated carbocycles. The maximum absolute atomic E-state index is 6.11. The molecule has 0 aliphatic carbocycles. The SMILES string of the molecule is COc1ccc(C(NCCCNc2ccnc3cc(Cl)ccc23)c2nnnn2C(C)(C)C)cc1OC. The fourth-order valence-corrected chi connectivity index (χ4v) is 4.24. The zero-order valence-corrected chi connectivity index (χ0v) is 22.0. The van der Waals surface area contributed by atoms with Crippen LogP contribution in [0.25, 0.3) is 10.9 Å². The van der Waals surface area contributed by atoms with Gasteiger partial charge in [-0.1, -0.05) is 17.7 Å². The molecule has 0 bridgehead atoms. The Morgan fingerprint density at radius 3 is 2.56 bits per heavy atom. The average Bonchev–Trinajstić information content (AvgIpc) is 3.36. The standard InChI is InChI=1S/C26H32ClN7O2/c1-26(2,3)34-25(31-32-33-34)24(17-7-10-22(35-4)23(15-17)36-5)30-13-6-12-28-20-11-14-29-21-16-18(27)8-9-19(20)21/h7-11,14-16,24,30H,6,12-13H2,1-5H3,(H,28,29). The van der Waals surface area contributed by atoms with Gasteiger partial charge in [0.15, 0.2) is 17.3 Å². The van der Waals surface area contributed by atoms with Crippen LogP contribution in [0.1, 0.15) is 44.6 Å². The average molecular weight is 510 g/mol. The normalized spacial score (nSPS) is 12.5. The van der Waals surface area contributed by atoms with Gasteiger partial charge in [0.1, 0.15) is 0 Å². The van der Waals surface area contributed by atoms with E-state index in [1.54, 1.807) is 20.4 Å². The molecule has 0 aliphatic heterocycles. The van der Waals surface area contributed by atoms with Gasteiger partial charge in [-0.3, -0.25) is 4.98 Å². The second kappa shape index (κ2) is 11.1. The number of pyridine rings is 1. The molecule has 10 heteroatoms. The molecule has 0 amide bonds. The first-order valence-corrected chi connectivity index (χ1v) is 12.2. The molecule has 1 unspecified atom stereocenters. The van der Waals surface area contributed by atoms with Crippen molar-refractivity contribution >= 4 is 28.2 Å². The highest BCUT2D eigenvalue weighted by molar-refractivity contribution is 6.31. The number of nitrogens with one attached hydrogen (secondary N) is 2. The van der Waals surface area contributed by atoms with Crippen LogP contribution in [0.15, 0.2) is 48.7 Å². The molecule has 0 aliphatic rings. The van der Waals surface area contributed by atoms with Crippen molar-refractivity contribution < 1.29 is 9.47 Å². The van der Waals surface area contributed by atoms with Gasteiger partial charge in [0.05, 0.1) is 31.3 Å². The first kappa shape index (κ1) is 25.7. The maximum atomic E-state index is 6.11. The maximum Gasteiger partial charge on any atom is 0.173 e. The van der Waals surface area contributed by atoms with E-state index in [2.05, 4.69) is 51.9 Å². The van der Waals surface area contributed by atoms with Crippen LogP contribution < -0.4 is 20.1 Å². The number of hydrogen-bond donors (Lipinski definition) is 2. The van der Waals surface area contributed by atoms with E-state index in [-0.39, 0.29) is 11.6 Å². The van der Waals surface area contributed by atoms with Gasteiger partial charge in [0.25, 0.3) is 0 Å². The van der Waals surface area contributed by atoms with Gasteiger partial charge in [-0.25, -0.2) is 4.68 Å². The fourth-order valence-electron chi connectivity index (χ4n) is 4.08. The summed E-state index contributed by atoms with van der Waals surface area (Å²) in [5, 5.41) is 21.5. The van der Waals surface area contributed by atoms with Crippen molar-refractivity contribution in [2.45, 2.75) is 38.8 Å². The molecular weight excluding hydrogens is 478 g/mol. The van der Waals surface area contributed by atoms with E-state index in [9.17, 15) is 0 Å². The van der Waals surface area contributed by atoms with E-state index in [1.165, 1.54) is 0 Å². The minimum Gasteiger partial charge on any atom is -0.493 e. The number of hydrogen-bond acceptors (Lipinski definition) is 8. The third-order valence-corrected chi connectivity index (χ3v) is 6.09. The van der Waals surface area contributed by atoms with Gasteiger partial charge < -0.3 is 20.1 Å². The number of rotatable bonds is 10. The quantitative estimate of drug-likeness (QED) is 0.293. The van der Waals surface area contributed by atoms with E-state index in [4.69, 9.17) is 21.1 Å². The van der Waals surface area contributed by atoms with Gasteiger partial charge in [-0.05, 0) is 86.1 Å². The first-order valence-electron chi connectivity index (χ1n) is 11.8. The first-order chi connectivity index (χ1) is 17.3. The number of tetrazole rings is 1. The molecule has 4 rings (SSSR count). The Balaban J connectivity index is 1.50. The summed E-state index contributed by atoms with van der Waals surface area (Å²) in [6.07, 6.45) is 2.66. The molecule has 36 heavy (non-hydrogen) atoms. The predicted octanol–water partition coefficient (Wildman–Crippen LogP) is 4.83. The second-order valence-corrected chi connectivity index (χ2v) is 9.86. The second-order valence-electron chi connectivity index (χ2n) is 9.42. The Morgan fingerprint density at radius 1 is 1.00 bits per heavy atom. The lowest BCUT2D eigenvalue weighted by Gasteiger charge is -2.25. The van der Waals surface area contributed by atoms with Crippen LogP contribution in [0.2, 0.25) is 5.02 Å². The third-order valence-electron chi connectivity index (χ3n) is 5.85. The molecular formula is C26H32ClN7O2. The number of methoxy groups -OCH3 is 2. The molecule has 2 heterocycles. The molecule has 0 saturated heterocycles. The van der Waals surface area contributed by atoms with Crippen molar-refractivity contribution in [3.8, 4) is 11.5 Å². The molecule has 0 fully saturated rings. The highest BCUT2D eigenvalue weighted by Crippen LogP contribution is 2.32. The van der Waals surface area contributed by atoms with Crippen LogP contribution in [0, 0.1) is 0 Å². The van der Waals surface area contributed by atoms with Gasteiger partial charge >= 0.3 is 0 Å². The van der Waals surface area contributed by atoms with E-state index >= 15 is 0 Å². The Hall–Kier alpha value is -3.43. The fraction of sp³-hybridized carbons (Fsp3) is 0.385. The number of aromatic nitrogens is 5. The monoisotopic (exact) mass is 509 g/mol. The summed E-state index contributed by atoms with van der Waals surface area (Å²) >= 11 is 6.11. The van der Waals surface area contributed by atoms with Gasteiger partial charge in [-0.15, -0.1) is 5.10 Å². The van der Waals surface area contributed by atoms with E-state index in [0.717, 1.165) is 47.5 Å². The summed E-state index contributed by atoms with van der Waals surface area (Å²) in [5.74, 6) is 2.06. The zero-order valence-electron chi connectivity index (χ0n) is 21.2. The van der Waals surface area contributed by atoms with Crippen LogP contribution in [0.4, 0.5) is 5.69 Å². The summed E-state index contributed by atoms with van der Waals surface area (Å²) in [6.45, 7) is 7.74. The molecule has 2 aromatic carbocycles. The van der Waals surface area contributed by atoms with E-state index in [0.29, 0.717) is 16.5 Å². The molecule has 2 N–H and O–H groups in total. The number of anilines is 1. The van der Waals surface area contributed by atoms with E-state index in [1.807, 2.05) is 47.1 Å². The van der Waals surface area contributed by atoms with Crippen molar-refractivity contribution in [1.29, 1.82) is 0 Å². The third kappa shape index (κ3) is 5.68. The Labute approximate surface area is 216 Å². The number of ether oxygens (including phenoxy) is 2. The molecule has 9 nitrogen and oxygen atoms in total. The summed E-state index contributed by atoms with van der Waals surface area (Å²) in [4.78, 5) is 4.41. The molecule has 0 radical (unpaired) electrons. The van der Waals surface area contributed by atoms with Crippen molar-refractivity contribution in [2.24, 2.45) is 0 Å². The Morgan fingerprint density at radius 2 is 1.81 bits per heavy atom. The largest absolute Gasteiger partial charge is 0.493 e. The number of nitrogens with zero attached hydrogens (tertiary/aromatic N) is 5. The highest BCUT2D eigenvalue weighted by atomic mass is 35.5. The van der Waals surface area contributed by atoms with Crippen LogP contribution >= 0.6 is 11.6 Å². The zero-order chi connectivity index (χ0) is 25.7. The van der Waals surface area contributed by atoms with Crippen LogP contribution in [-0.4, -0.2) is 52.5 Å². The number of benzene rings is 2. The van der Waals surface area contributed by atoms with Crippen molar-refractivity contribution in [3.05, 3.63) is 65.1 Å². The number of halogens is 1. The van der Waals surface area contributed by atoms with Gasteiger partial charge in [0.2, 0.25) is 0 Å². The Bertz CT molecular complexity index is 1320. The lowest BCUT2D eigenvalue weighted by atomic mass is 10.0. The van der Waals surface area contributed by atoms with Gasteiger partial charge in [-0.2, -0.15) is 0 Å². The topological polar surface area (TPSA) is 99.0 Å². The predicted molar refractivity (Wildman–Crippen MR) is 142 cm³/mol. The smallest absolute Gasteiger partial charge is 0.173 e. The summed E-state index contributed by atoms with van der Waals surface area (Å²) in [6, 6.07) is 13.4. The molecule has 190 valence electrons. The van der Waals surface area contributed by atoms with Crippen molar-refractivity contribution in [2.75, 3.05) is 32.6 Å². The van der Waals surface area contributed by atoms with Crippen molar-refractivity contribution in [3.63, 3.8) is 0 Å². The lowest BCUT2D eigenvalue weighted by Crippen LogP contribution is -2.33. The van der Waals surface area contributed by atoms with Crippen LogP contribution in [0.5, 0.6) is 11.5 Å².